The quantitative estimate of drug-likeness (QED) is 0.127. The first-order valence-electron chi connectivity index (χ1n) is 11.5. The molecule has 0 atom stereocenters. The molecule has 0 aliphatic rings. The van der Waals surface area contributed by atoms with Gasteiger partial charge in [0.1, 0.15) is 5.70 Å². The number of Topliss-reactive ketones (excluding diaryl/α,β-unsaturated/α-hetero) is 1. The molecule has 0 heterocycles. The van der Waals surface area contributed by atoms with Crippen LogP contribution in [0.4, 0.5) is 5.69 Å². The van der Waals surface area contributed by atoms with Crippen LogP contribution in [-0.2, 0) is 4.79 Å². The molecule has 4 aromatic carbocycles. The van der Waals surface area contributed by atoms with Crippen molar-refractivity contribution in [3.05, 3.63) is 136 Å². The molecule has 2 N–H and O–H groups in total. The molecule has 8 heteroatoms. The molecule has 190 valence electrons. The van der Waals surface area contributed by atoms with Gasteiger partial charge in [0.05, 0.1) is 5.75 Å². The highest BCUT2D eigenvalue weighted by Gasteiger charge is 2.16. The Labute approximate surface area is 234 Å². The molecule has 0 aromatic heterocycles. The van der Waals surface area contributed by atoms with Crippen LogP contribution in [0.1, 0.15) is 26.3 Å². The summed E-state index contributed by atoms with van der Waals surface area (Å²) in [5.74, 6) is -0.753. The minimum atomic E-state index is -0.520. The number of rotatable bonds is 9. The van der Waals surface area contributed by atoms with Gasteiger partial charge < -0.3 is 10.6 Å². The molecule has 0 unspecified atom stereocenters. The van der Waals surface area contributed by atoms with Crippen molar-refractivity contribution in [2.45, 2.75) is 4.90 Å². The fourth-order valence-electron chi connectivity index (χ4n) is 3.42. The first-order valence-corrected chi connectivity index (χ1v) is 13.3. The number of nitrogens with one attached hydrogen (secondary N) is 2. The lowest BCUT2D eigenvalue weighted by atomic mass is 10.1. The number of halogens is 2. The number of amides is 2. The summed E-state index contributed by atoms with van der Waals surface area (Å²) in [6, 6.07) is 29.5. The van der Waals surface area contributed by atoms with Crippen molar-refractivity contribution in [3.63, 3.8) is 0 Å². The predicted octanol–water partition coefficient (Wildman–Crippen LogP) is 7.38. The third-order valence-corrected chi connectivity index (χ3v) is 6.95. The van der Waals surface area contributed by atoms with Gasteiger partial charge >= 0.3 is 0 Å². The average molecular weight is 561 g/mol. The molecule has 2 amide bonds. The predicted molar refractivity (Wildman–Crippen MR) is 155 cm³/mol. The van der Waals surface area contributed by atoms with E-state index in [9.17, 15) is 14.4 Å². The third-order valence-electron chi connectivity index (χ3n) is 5.36. The summed E-state index contributed by atoms with van der Waals surface area (Å²) < 4.78 is 0. The Hall–Kier alpha value is -3.84. The number of hydrogen-bond donors (Lipinski definition) is 2. The Morgan fingerprint density at radius 2 is 1.47 bits per heavy atom. The molecule has 0 saturated heterocycles. The lowest BCUT2D eigenvalue weighted by Gasteiger charge is -2.12. The minimum Gasteiger partial charge on any atom is -0.321 e. The zero-order valence-electron chi connectivity index (χ0n) is 20.0. The van der Waals surface area contributed by atoms with E-state index in [1.165, 1.54) is 17.8 Å². The Kier molecular flexibility index (Phi) is 9.38. The highest BCUT2D eigenvalue weighted by molar-refractivity contribution is 8.00. The largest absolute Gasteiger partial charge is 0.321 e. The standard InChI is InChI=1S/C30H22Cl2N2O3S/c31-23-15-13-20(14-16-23)28(35)19-38-25-11-6-10-24(18-25)33-30(37)27(17-22-9-4-5-12-26(22)32)34-29(36)21-7-2-1-3-8-21/h1-18H,19H2,(H,33,37)(H,34,36)/b27-17-. The Morgan fingerprint density at radius 1 is 0.763 bits per heavy atom. The van der Waals surface area contributed by atoms with Gasteiger partial charge in [-0.15, -0.1) is 11.8 Å². The zero-order valence-corrected chi connectivity index (χ0v) is 22.3. The summed E-state index contributed by atoms with van der Waals surface area (Å²) in [5.41, 5.74) is 2.11. The smallest absolute Gasteiger partial charge is 0.272 e. The van der Waals surface area contributed by atoms with Crippen LogP contribution in [0.15, 0.2) is 114 Å². The van der Waals surface area contributed by atoms with Crippen molar-refractivity contribution < 1.29 is 14.4 Å². The molecular weight excluding hydrogens is 539 g/mol. The van der Waals surface area contributed by atoms with Crippen molar-refractivity contribution in [1.82, 2.24) is 5.32 Å². The molecule has 0 bridgehead atoms. The van der Waals surface area contributed by atoms with Gasteiger partial charge in [-0.3, -0.25) is 14.4 Å². The van der Waals surface area contributed by atoms with Gasteiger partial charge in [0, 0.05) is 31.8 Å². The molecule has 0 aliphatic heterocycles. The van der Waals surface area contributed by atoms with Gasteiger partial charge in [0.25, 0.3) is 11.8 Å². The third kappa shape index (κ3) is 7.59. The van der Waals surface area contributed by atoms with E-state index >= 15 is 0 Å². The second-order valence-corrected chi connectivity index (χ2v) is 9.99. The SMILES string of the molecule is O=C(Nc1cccc(SCC(=O)c2ccc(Cl)cc2)c1)/C(=C/c1ccccc1Cl)NC(=O)c1ccccc1. The summed E-state index contributed by atoms with van der Waals surface area (Å²) in [5, 5.41) is 6.53. The monoisotopic (exact) mass is 560 g/mol. The lowest BCUT2D eigenvalue weighted by molar-refractivity contribution is -0.113. The van der Waals surface area contributed by atoms with Gasteiger partial charge in [0.15, 0.2) is 5.78 Å². The summed E-state index contributed by atoms with van der Waals surface area (Å²) in [4.78, 5) is 39.4. The van der Waals surface area contributed by atoms with E-state index in [0.29, 0.717) is 32.4 Å². The number of benzene rings is 4. The number of hydrogen-bond acceptors (Lipinski definition) is 4. The van der Waals surface area contributed by atoms with Crippen LogP contribution in [0.25, 0.3) is 6.08 Å². The van der Waals surface area contributed by atoms with Gasteiger partial charge in [-0.05, 0) is 72.3 Å². The van der Waals surface area contributed by atoms with Crippen LogP contribution < -0.4 is 10.6 Å². The van der Waals surface area contributed by atoms with Crippen molar-refractivity contribution in [1.29, 1.82) is 0 Å². The molecule has 0 aliphatic carbocycles. The van der Waals surface area contributed by atoms with Gasteiger partial charge in [-0.25, -0.2) is 0 Å². The van der Waals surface area contributed by atoms with E-state index in [2.05, 4.69) is 10.6 Å². The maximum Gasteiger partial charge on any atom is 0.272 e. The molecule has 4 aromatic rings. The second kappa shape index (κ2) is 13.1. The normalized spacial score (nSPS) is 11.1. The van der Waals surface area contributed by atoms with Gasteiger partial charge in [-0.2, -0.15) is 0 Å². The maximum atomic E-state index is 13.3. The average Bonchev–Trinajstić information content (AvgIpc) is 2.93. The van der Waals surface area contributed by atoms with Crippen molar-refractivity contribution in [2.75, 3.05) is 11.1 Å². The molecule has 5 nitrogen and oxygen atoms in total. The van der Waals surface area contributed by atoms with E-state index in [0.717, 1.165) is 4.90 Å². The van der Waals surface area contributed by atoms with Crippen molar-refractivity contribution in [2.24, 2.45) is 0 Å². The summed E-state index contributed by atoms with van der Waals surface area (Å²) >= 11 is 13.5. The maximum absolute atomic E-state index is 13.3. The van der Waals surface area contributed by atoms with Gasteiger partial charge in [-0.1, -0.05) is 65.7 Å². The molecule has 0 radical (unpaired) electrons. The number of anilines is 1. The Bertz CT molecular complexity index is 1490. The van der Waals surface area contributed by atoms with Crippen LogP contribution in [0, 0.1) is 0 Å². The molecular formula is C30H22Cl2N2O3S. The van der Waals surface area contributed by atoms with Crippen LogP contribution >= 0.6 is 35.0 Å². The van der Waals surface area contributed by atoms with Crippen molar-refractivity contribution >= 4 is 64.3 Å². The fourth-order valence-corrected chi connectivity index (χ4v) is 4.59. The summed E-state index contributed by atoms with van der Waals surface area (Å²) in [6.07, 6.45) is 1.53. The van der Waals surface area contributed by atoms with E-state index in [1.54, 1.807) is 97.1 Å². The van der Waals surface area contributed by atoms with Crippen molar-refractivity contribution in [3.8, 4) is 0 Å². The van der Waals surface area contributed by atoms with Crippen LogP contribution in [0.3, 0.4) is 0 Å². The molecule has 38 heavy (non-hydrogen) atoms. The van der Waals surface area contributed by atoms with E-state index in [1.807, 2.05) is 6.07 Å². The van der Waals surface area contributed by atoms with Gasteiger partial charge in [0.2, 0.25) is 0 Å². The second-order valence-electron chi connectivity index (χ2n) is 8.10. The molecule has 0 fully saturated rings. The number of thioether (sulfide) groups is 1. The van der Waals surface area contributed by atoms with E-state index < -0.39 is 11.8 Å². The number of carbonyl (C=O) groups excluding carboxylic acids is 3. The Balaban J connectivity index is 1.49. The molecule has 0 spiro atoms. The van der Waals surface area contributed by atoms with E-state index in [-0.39, 0.29) is 17.2 Å². The number of ketones is 1. The summed E-state index contributed by atoms with van der Waals surface area (Å²) in [6.45, 7) is 0. The van der Waals surface area contributed by atoms with Crippen LogP contribution in [0.2, 0.25) is 10.0 Å². The fraction of sp³-hybridized carbons (Fsp3) is 0.0333. The topological polar surface area (TPSA) is 75.3 Å². The molecule has 0 saturated carbocycles. The lowest BCUT2D eigenvalue weighted by Crippen LogP contribution is -2.30. The van der Waals surface area contributed by atoms with E-state index in [4.69, 9.17) is 23.2 Å². The first kappa shape index (κ1) is 27.2. The Morgan fingerprint density at radius 3 is 2.21 bits per heavy atom. The van der Waals surface area contributed by atoms with Crippen LogP contribution in [-0.4, -0.2) is 23.4 Å². The highest BCUT2D eigenvalue weighted by atomic mass is 35.5. The molecule has 4 rings (SSSR count). The summed E-state index contributed by atoms with van der Waals surface area (Å²) in [7, 11) is 0. The number of carbonyl (C=O) groups is 3. The highest BCUT2D eigenvalue weighted by Crippen LogP contribution is 2.24. The minimum absolute atomic E-state index is 0.0305. The van der Waals surface area contributed by atoms with Crippen LogP contribution in [0.5, 0.6) is 0 Å². The zero-order chi connectivity index (χ0) is 26.9. The first-order chi connectivity index (χ1) is 18.4.